The molecule has 0 aliphatic rings. The Balaban J connectivity index is 1.60. The maximum Gasteiger partial charge on any atom is 0.260 e. The van der Waals surface area contributed by atoms with Crippen molar-refractivity contribution in [3.8, 4) is 0 Å². The van der Waals surface area contributed by atoms with Crippen LogP contribution in [0.1, 0.15) is 16.1 Å². The van der Waals surface area contributed by atoms with Crippen LogP contribution in [0.2, 0.25) is 0 Å². The highest BCUT2D eigenvalue weighted by molar-refractivity contribution is 7.22. The summed E-state index contributed by atoms with van der Waals surface area (Å²) < 4.78 is 33.5. The van der Waals surface area contributed by atoms with Gasteiger partial charge in [-0.3, -0.25) is 9.69 Å². The molecule has 0 saturated heterocycles. The molecule has 0 radical (unpaired) electrons. The van der Waals surface area contributed by atoms with Gasteiger partial charge in [-0.1, -0.05) is 41.7 Å². The lowest BCUT2D eigenvalue weighted by Crippen LogP contribution is -2.30. The smallest absolute Gasteiger partial charge is 0.260 e. The molecule has 148 valence electrons. The summed E-state index contributed by atoms with van der Waals surface area (Å²) in [6.45, 7) is 0.114. The van der Waals surface area contributed by atoms with Crippen LogP contribution in [-0.4, -0.2) is 10.9 Å². The van der Waals surface area contributed by atoms with Crippen LogP contribution >= 0.6 is 11.3 Å². The maximum absolute atomic E-state index is 14.2. The Morgan fingerprint density at radius 3 is 2.63 bits per heavy atom. The van der Waals surface area contributed by atoms with Crippen LogP contribution in [0, 0.1) is 11.6 Å². The second kappa shape index (κ2) is 7.35. The average Bonchev–Trinajstić information content (AvgIpc) is 3.41. The molecule has 0 aliphatic carbocycles. The van der Waals surface area contributed by atoms with Gasteiger partial charge in [0.05, 0.1) is 17.5 Å². The van der Waals surface area contributed by atoms with E-state index in [1.165, 1.54) is 17.2 Å². The van der Waals surface area contributed by atoms with Gasteiger partial charge in [-0.25, -0.2) is 13.8 Å². The van der Waals surface area contributed by atoms with Crippen LogP contribution in [0.4, 0.5) is 13.9 Å². The van der Waals surface area contributed by atoms with Crippen molar-refractivity contribution in [2.45, 2.75) is 6.54 Å². The molecule has 2 heterocycles. The first kappa shape index (κ1) is 18.4. The molecule has 0 atom stereocenters. The zero-order chi connectivity index (χ0) is 20.7. The largest absolute Gasteiger partial charge is 0.467 e. The number of hydrogen-bond acceptors (Lipinski definition) is 4. The molecule has 0 saturated carbocycles. The summed E-state index contributed by atoms with van der Waals surface area (Å²) in [7, 11) is 0. The number of nitrogens with zero attached hydrogens (tertiary/aromatic N) is 2. The lowest BCUT2D eigenvalue weighted by Gasteiger charge is -2.19. The van der Waals surface area contributed by atoms with Crippen molar-refractivity contribution >= 4 is 43.4 Å². The zero-order valence-electron chi connectivity index (χ0n) is 15.5. The van der Waals surface area contributed by atoms with Crippen LogP contribution in [0.3, 0.4) is 0 Å². The molecule has 0 bridgehead atoms. The lowest BCUT2D eigenvalue weighted by atomic mass is 10.1. The third kappa shape index (κ3) is 3.33. The van der Waals surface area contributed by atoms with Crippen molar-refractivity contribution < 1.29 is 18.0 Å². The van der Waals surface area contributed by atoms with Crippen LogP contribution in [0.5, 0.6) is 0 Å². The molecule has 0 fully saturated rings. The minimum absolute atomic E-state index is 0.0344. The Morgan fingerprint density at radius 1 is 1.00 bits per heavy atom. The third-order valence-corrected chi connectivity index (χ3v) is 5.79. The highest BCUT2D eigenvalue weighted by atomic mass is 32.1. The number of thiazole rings is 1. The molecule has 0 N–H and O–H groups in total. The fraction of sp³-hybridized carbons (Fsp3) is 0.0435. The van der Waals surface area contributed by atoms with Crippen molar-refractivity contribution in [1.29, 1.82) is 0 Å². The molecule has 7 heteroatoms. The van der Waals surface area contributed by atoms with Gasteiger partial charge in [-0.2, -0.15) is 0 Å². The van der Waals surface area contributed by atoms with Crippen molar-refractivity contribution in [2.75, 3.05) is 4.90 Å². The number of hydrogen-bond donors (Lipinski definition) is 0. The molecule has 3 aromatic carbocycles. The Morgan fingerprint density at radius 2 is 1.83 bits per heavy atom. The topological polar surface area (TPSA) is 46.3 Å². The van der Waals surface area contributed by atoms with Gasteiger partial charge in [0.2, 0.25) is 0 Å². The number of anilines is 1. The van der Waals surface area contributed by atoms with E-state index in [0.29, 0.717) is 16.0 Å². The number of carbonyl (C=O) groups is 1. The second-order valence-electron chi connectivity index (χ2n) is 6.76. The molecule has 1 amide bonds. The normalized spacial score (nSPS) is 11.3. The number of furan rings is 1. The SMILES string of the molecule is O=C(c1ccc2ccccc2c1)N(Cc1ccco1)c1nc2c(F)cc(F)cc2s1. The molecule has 0 unspecified atom stereocenters. The number of aromatic nitrogens is 1. The summed E-state index contributed by atoms with van der Waals surface area (Å²) in [5.41, 5.74) is 0.498. The fourth-order valence-corrected chi connectivity index (χ4v) is 4.33. The van der Waals surface area contributed by atoms with Crippen LogP contribution < -0.4 is 4.90 Å². The minimum Gasteiger partial charge on any atom is -0.467 e. The number of benzene rings is 3. The summed E-state index contributed by atoms with van der Waals surface area (Å²) in [4.78, 5) is 19.1. The fourth-order valence-electron chi connectivity index (χ4n) is 3.32. The van der Waals surface area contributed by atoms with E-state index in [-0.39, 0.29) is 23.1 Å². The predicted octanol–water partition coefficient (Wildman–Crippen LogP) is 6.17. The van der Waals surface area contributed by atoms with E-state index in [4.69, 9.17) is 4.42 Å². The van der Waals surface area contributed by atoms with Gasteiger partial charge >= 0.3 is 0 Å². The zero-order valence-corrected chi connectivity index (χ0v) is 16.3. The monoisotopic (exact) mass is 420 g/mol. The van der Waals surface area contributed by atoms with Gasteiger partial charge in [0.25, 0.3) is 5.91 Å². The van der Waals surface area contributed by atoms with Crippen LogP contribution in [0.15, 0.2) is 77.4 Å². The lowest BCUT2D eigenvalue weighted by molar-refractivity contribution is 0.0983. The number of halogens is 2. The maximum atomic E-state index is 14.2. The molecule has 2 aromatic heterocycles. The van der Waals surface area contributed by atoms with Gasteiger partial charge in [-0.15, -0.1) is 0 Å². The molecule has 30 heavy (non-hydrogen) atoms. The van der Waals surface area contributed by atoms with Gasteiger partial charge in [0.15, 0.2) is 10.9 Å². The minimum atomic E-state index is -0.761. The highest BCUT2D eigenvalue weighted by Gasteiger charge is 2.24. The average molecular weight is 420 g/mol. The quantitative estimate of drug-likeness (QED) is 0.349. The van der Waals surface area contributed by atoms with E-state index in [0.717, 1.165) is 28.2 Å². The number of fused-ring (bicyclic) bond motifs is 2. The Kier molecular flexibility index (Phi) is 4.52. The third-order valence-electron chi connectivity index (χ3n) is 4.77. The summed E-state index contributed by atoms with van der Waals surface area (Å²) in [6, 6.07) is 18.6. The van der Waals surface area contributed by atoms with Gasteiger partial charge < -0.3 is 4.42 Å². The van der Waals surface area contributed by atoms with Gasteiger partial charge in [-0.05, 0) is 41.1 Å². The number of rotatable bonds is 4. The first-order valence-electron chi connectivity index (χ1n) is 9.17. The van der Waals surface area contributed by atoms with E-state index in [1.807, 2.05) is 30.3 Å². The van der Waals surface area contributed by atoms with Crippen molar-refractivity contribution in [2.24, 2.45) is 0 Å². The molecule has 0 spiro atoms. The van der Waals surface area contributed by atoms with E-state index in [9.17, 15) is 13.6 Å². The highest BCUT2D eigenvalue weighted by Crippen LogP contribution is 2.33. The van der Waals surface area contributed by atoms with E-state index >= 15 is 0 Å². The molecular weight excluding hydrogens is 406 g/mol. The van der Waals surface area contributed by atoms with E-state index in [2.05, 4.69) is 4.98 Å². The standard InChI is InChI=1S/C23H14F2N2O2S/c24-17-11-19(25)21-20(12-17)30-23(26-21)27(13-18-6-3-9-29-18)22(28)16-8-7-14-4-1-2-5-15(14)10-16/h1-12H,13H2. The van der Waals surface area contributed by atoms with E-state index < -0.39 is 11.6 Å². The number of carbonyl (C=O) groups excluding carboxylic acids is 1. The predicted molar refractivity (Wildman–Crippen MR) is 113 cm³/mol. The molecule has 5 aromatic rings. The summed E-state index contributed by atoms with van der Waals surface area (Å²) in [5, 5.41) is 2.21. The first-order chi connectivity index (χ1) is 14.6. The first-order valence-corrected chi connectivity index (χ1v) is 9.99. The molecule has 5 rings (SSSR count). The van der Waals surface area contributed by atoms with Crippen molar-refractivity contribution in [3.05, 3.63) is 96.0 Å². The Labute approximate surface area is 174 Å². The Bertz CT molecular complexity index is 1380. The second-order valence-corrected chi connectivity index (χ2v) is 7.77. The summed E-state index contributed by atoms with van der Waals surface area (Å²) >= 11 is 1.05. The van der Waals surface area contributed by atoms with E-state index in [1.54, 1.807) is 24.3 Å². The van der Waals surface area contributed by atoms with Gasteiger partial charge in [0.1, 0.15) is 17.1 Å². The Hall–Kier alpha value is -3.58. The van der Waals surface area contributed by atoms with Crippen LogP contribution in [-0.2, 0) is 6.54 Å². The van der Waals surface area contributed by atoms with Crippen molar-refractivity contribution in [1.82, 2.24) is 4.98 Å². The van der Waals surface area contributed by atoms with Gasteiger partial charge in [0, 0.05) is 11.6 Å². The molecule has 0 aliphatic heterocycles. The summed E-state index contributed by atoms with van der Waals surface area (Å²) in [5.74, 6) is -1.20. The van der Waals surface area contributed by atoms with Crippen molar-refractivity contribution in [3.63, 3.8) is 0 Å². The molecule has 4 nitrogen and oxygen atoms in total. The van der Waals surface area contributed by atoms with Crippen LogP contribution in [0.25, 0.3) is 21.0 Å². The number of amides is 1. The molecular formula is C23H14F2N2O2S. The summed E-state index contributed by atoms with van der Waals surface area (Å²) in [6.07, 6.45) is 1.52.